The lowest BCUT2D eigenvalue weighted by molar-refractivity contribution is -0.118. The summed E-state index contributed by atoms with van der Waals surface area (Å²) in [6.45, 7) is -0.373. The van der Waals surface area contributed by atoms with Crippen LogP contribution in [0.15, 0.2) is 29.8 Å². The second-order valence-corrected chi connectivity index (χ2v) is 4.14. The molecule has 1 amide bonds. The molecule has 0 bridgehead atoms. The standard InChI is InChI=1S/C11H8F2N2O2S/c12-7-1-2-9(8(13)5-7)17-6-10(16)15-11-14-3-4-18-11/h1-5H,6H2,(H,14,15,16). The number of carbonyl (C=O) groups is 1. The third-order valence-electron chi connectivity index (χ3n) is 1.93. The maximum atomic E-state index is 13.2. The maximum Gasteiger partial charge on any atom is 0.264 e. The first-order valence-corrected chi connectivity index (χ1v) is 5.80. The number of aromatic nitrogens is 1. The number of anilines is 1. The minimum Gasteiger partial charge on any atom is -0.481 e. The van der Waals surface area contributed by atoms with E-state index in [0.29, 0.717) is 11.2 Å². The number of benzene rings is 1. The zero-order valence-corrected chi connectivity index (χ0v) is 9.84. The van der Waals surface area contributed by atoms with E-state index in [1.165, 1.54) is 11.3 Å². The van der Waals surface area contributed by atoms with Crippen LogP contribution in [0.25, 0.3) is 0 Å². The molecule has 2 aromatic rings. The molecule has 1 N–H and O–H groups in total. The topological polar surface area (TPSA) is 51.2 Å². The van der Waals surface area contributed by atoms with Crippen molar-refractivity contribution in [3.8, 4) is 5.75 Å². The third-order valence-corrected chi connectivity index (χ3v) is 2.62. The lowest BCUT2D eigenvalue weighted by Crippen LogP contribution is -2.20. The molecule has 0 spiro atoms. The van der Waals surface area contributed by atoms with Gasteiger partial charge in [0.2, 0.25) is 0 Å². The van der Waals surface area contributed by atoms with Crippen molar-refractivity contribution in [2.45, 2.75) is 0 Å². The molecule has 0 radical (unpaired) electrons. The zero-order valence-electron chi connectivity index (χ0n) is 9.02. The van der Waals surface area contributed by atoms with Crippen LogP contribution < -0.4 is 10.1 Å². The van der Waals surface area contributed by atoms with Crippen molar-refractivity contribution in [1.82, 2.24) is 4.98 Å². The number of nitrogens with zero attached hydrogens (tertiary/aromatic N) is 1. The van der Waals surface area contributed by atoms with Crippen LogP contribution in [0.2, 0.25) is 0 Å². The average Bonchev–Trinajstić information content (AvgIpc) is 2.80. The average molecular weight is 270 g/mol. The van der Waals surface area contributed by atoms with Crippen LogP contribution in [0.4, 0.5) is 13.9 Å². The van der Waals surface area contributed by atoms with Crippen molar-refractivity contribution in [3.05, 3.63) is 41.4 Å². The molecule has 0 aliphatic heterocycles. The second-order valence-electron chi connectivity index (χ2n) is 3.25. The molecule has 1 aromatic carbocycles. The number of thiazole rings is 1. The van der Waals surface area contributed by atoms with Crippen molar-refractivity contribution in [2.75, 3.05) is 11.9 Å². The predicted molar refractivity (Wildman–Crippen MR) is 62.6 cm³/mol. The molecular weight excluding hydrogens is 262 g/mol. The Labute approximate surface area is 105 Å². The van der Waals surface area contributed by atoms with Crippen molar-refractivity contribution in [2.24, 2.45) is 0 Å². The molecule has 0 atom stereocenters. The number of hydrogen-bond donors (Lipinski definition) is 1. The molecule has 94 valence electrons. The quantitative estimate of drug-likeness (QED) is 0.928. The molecule has 0 aliphatic carbocycles. The van der Waals surface area contributed by atoms with E-state index < -0.39 is 17.5 Å². The summed E-state index contributed by atoms with van der Waals surface area (Å²) < 4.78 is 30.7. The zero-order chi connectivity index (χ0) is 13.0. The van der Waals surface area contributed by atoms with Gasteiger partial charge in [-0.1, -0.05) is 0 Å². The number of carbonyl (C=O) groups excluding carboxylic acids is 1. The summed E-state index contributed by atoms with van der Waals surface area (Å²) in [5.74, 6) is -2.19. The number of nitrogens with one attached hydrogen (secondary N) is 1. The first-order valence-electron chi connectivity index (χ1n) is 4.92. The Bertz CT molecular complexity index is 546. The summed E-state index contributed by atoms with van der Waals surface area (Å²) in [6.07, 6.45) is 1.54. The third kappa shape index (κ3) is 3.24. The largest absolute Gasteiger partial charge is 0.481 e. The van der Waals surface area contributed by atoms with Crippen LogP contribution in [-0.2, 0) is 4.79 Å². The number of rotatable bonds is 4. The van der Waals surface area contributed by atoms with Crippen LogP contribution in [0.3, 0.4) is 0 Å². The molecule has 1 heterocycles. The van der Waals surface area contributed by atoms with Gasteiger partial charge in [0.05, 0.1) is 0 Å². The van der Waals surface area contributed by atoms with Crippen LogP contribution in [0.5, 0.6) is 5.75 Å². The fourth-order valence-electron chi connectivity index (χ4n) is 1.18. The minimum atomic E-state index is -0.850. The molecule has 0 unspecified atom stereocenters. The van der Waals surface area contributed by atoms with E-state index >= 15 is 0 Å². The predicted octanol–water partition coefficient (Wildman–Crippen LogP) is 2.44. The highest BCUT2D eigenvalue weighted by atomic mass is 32.1. The Morgan fingerprint density at radius 3 is 2.94 bits per heavy atom. The molecule has 0 saturated heterocycles. The van der Waals surface area contributed by atoms with E-state index in [1.54, 1.807) is 11.6 Å². The van der Waals surface area contributed by atoms with Gasteiger partial charge in [-0.2, -0.15) is 0 Å². The summed E-state index contributed by atoms with van der Waals surface area (Å²) in [5, 5.41) is 4.61. The molecule has 7 heteroatoms. The Balaban J connectivity index is 1.89. The number of amides is 1. The fraction of sp³-hybridized carbons (Fsp3) is 0.0909. The van der Waals surface area contributed by atoms with Crippen LogP contribution >= 0.6 is 11.3 Å². The van der Waals surface area contributed by atoms with E-state index in [0.717, 1.165) is 12.1 Å². The summed E-state index contributed by atoms with van der Waals surface area (Å²) in [5.41, 5.74) is 0. The van der Waals surface area contributed by atoms with Crippen LogP contribution in [0, 0.1) is 11.6 Å². The molecule has 2 rings (SSSR count). The van der Waals surface area contributed by atoms with Gasteiger partial charge >= 0.3 is 0 Å². The van der Waals surface area contributed by atoms with Gasteiger partial charge in [0.15, 0.2) is 23.3 Å². The first-order chi connectivity index (χ1) is 8.65. The summed E-state index contributed by atoms with van der Waals surface area (Å²) in [4.78, 5) is 15.2. The van der Waals surface area contributed by atoms with Gasteiger partial charge in [-0.05, 0) is 12.1 Å². The Hall–Kier alpha value is -2.02. The molecule has 0 saturated carbocycles. The normalized spacial score (nSPS) is 10.1. The summed E-state index contributed by atoms with van der Waals surface area (Å²) in [7, 11) is 0. The van der Waals surface area contributed by atoms with E-state index in [9.17, 15) is 13.6 Å². The summed E-state index contributed by atoms with van der Waals surface area (Å²) >= 11 is 1.26. The van der Waals surface area contributed by atoms with Gasteiger partial charge in [0.1, 0.15) is 5.82 Å². The summed E-state index contributed by atoms with van der Waals surface area (Å²) in [6, 6.07) is 2.87. The minimum absolute atomic E-state index is 0.175. The van der Waals surface area contributed by atoms with Gasteiger partial charge in [-0.25, -0.2) is 13.8 Å². The smallest absolute Gasteiger partial charge is 0.264 e. The number of halogens is 2. The highest BCUT2D eigenvalue weighted by Crippen LogP contribution is 2.17. The Morgan fingerprint density at radius 1 is 1.44 bits per heavy atom. The molecule has 18 heavy (non-hydrogen) atoms. The monoisotopic (exact) mass is 270 g/mol. The maximum absolute atomic E-state index is 13.2. The van der Waals surface area contributed by atoms with Crippen molar-refractivity contribution in [3.63, 3.8) is 0 Å². The van der Waals surface area contributed by atoms with Gasteiger partial charge < -0.3 is 4.74 Å². The number of hydrogen-bond acceptors (Lipinski definition) is 4. The highest BCUT2D eigenvalue weighted by Gasteiger charge is 2.08. The lowest BCUT2D eigenvalue weighted by atomic mass is 10.3. The van der Waals surface area contributed by atoms with Gasteiger partial charge in [-0.3, -0.25) is 10.1 Å². The van der Waals surface area contributed by atoms with Crippen LogP contribution in [-0.4, -0.2) is 17.5 Å². The molecule has 1 aromatic heterocycles. The van der Waals surface area contributed by atoms with E-state index in [2.05, 4.69) is 10.3 Å². The Morgan fingerprint density at radius 2 is 2.28 bits per heavy atom. The van der Waals surface area contributed by atoms with Crippen molar-refractivity contribution < 1.29 is 18.3 Å². The second kappa shape index (κ2) is 5.54. The van der Waals surface area contributed by atoms with Crippen LogP contribution in [0.1, 0.15) is 0 Å². The highest BCUT2D eigenvalue weighted by molar-refractivity contribution is 7.13. The van der Waals surface area contributed by atoms with Crippen molar-refractivity contribution >= 4 is 22.4 Å². The van der Waals surface area contributed by atoms with E-state index in [1.807, 2.05) is 0 Å². The lowest BCUT2D eigenvalue weighted by Gasteiger charge is -2.06. The molecule has 0 aliphatic rings. The van der Waals surface area contributed by atoms with E-state index in [-0.39, 0.29) is 12.4 Å². The molecular formula is C11H8F2N2O2S. The number of ether oxygens (including phenoxy) is 1. The van der Waals surface area contributed by atoms with Gasteiger partial charge in [-0.15, -0.1) is 11.3 Å². The van der Waals surface area contributed by atoms with Gasteiger partial charge in [0.25, 0.3) is 5.91 Å². The van der Waals surface area contributed by atoms with Crippen molar-refractivity contribution in [1.29, 1.82) is 0 Å². The molecule has 0 fully saturated rings. The SMILES string of the molecule is O=C(COc1ccc(F)cc1F)Nc1nccs1. The van der Waals surface area contributed by atoms with E-state index in [4.69, 9.17) is 4.74 Å². The fourth-order valence-corrected chi connectivity index (χ4v) is 1.72. The van der Waals surface area contributed by atoms with Gasteiger partial charge in [0, 0.05) is 17.6 Å². The first kappa shape index (κ1) is 12.4. The Kier molecular flexibility index (Phi) is 3.83. The molecule has 4 nitrogen and oxygen atoms in total.